The van der Waals surface area contributed by atoms with Crippen LogP contribution in [-0.2, 0) is 12.8 Å². The molecule has 0 radical (unpaired) electrons. The minimum atomic E-state index is 0.344. The predicted molar refractivity (Wildman–Crippen MR) is 72.5 cm³/mol. The molecule has 1 heterocycles. The van der Waals surface area contributed by atoms with Gasteiger partial charge < -0.3 is 4.74 Å². The van der Waals surface area contributed by atoms with Gasteiger partial charge in [0.05, 0.1) is 5.02 Å². The summed E-state index contributed by atoms with van der Waals surface area (Å²) in [6, 6.07) is 11.2. The first-order valence-electron chi connectivity index (χ1n) is 6.13. The van der Waals surface area contributed by atoms with E-state index < -0.39 is 0 Å². The Bertz CT molecular complexity index is 676. The molecule has 0 unspecified atom stereocenters. The van der Waals surface area contributed by atoms with Crippen molar-refractivity contribution in [3.8, 4) is 17.7 Å². The first-order chi connectivity index (χ1) is 9.28. The van der Waals surface area contributed by atoms with Crippen LogP contribution in [0.25, 0.3) is 0 Å². The molecule has 1 aromatic carbocycles. The molecule has 1 aliphatic rings. The third-order valence-electron chi connectivity index (χ3n) is 3.18. The van der Waals surface area contributed by atoms with Gasteiger partial charge in [-0.25, -0.2) is 4.98 Å². The zero-order chi connectivity index (χ0) is 13.2. The largest absolute Gasteiger partial charge is 0.436 e. The molecule has 4 heteroatoms. The Hall–Kier alpha value is -2.05. The molecule has 19 heavy (non-hydrogen) atoms. The van der Waals surface area contributed by atoms with Gasteiger partial charge in [0.15, 0.2) is 0 Å². The molecule has 0 amide bonds. The van der Waals surface area contributed by atoms with Crippen molar-refractivity contribution in [3.05, 3.63) is 52.2 Å². The number of benzene rings is 1. The van der Waals surface area contributed by atoms with Crippen molar-refractivity contribution in [1.82, 2.24) is 4.98 Å². The summed E-state index contributed by atoms with van der Waals surface area (Å²) in [4.78, 5) is 4.46. The van der Waals surface area contributed by atoms with Gasteiger partial charge in [-0.15, -0.1) is 0 Å². The molecule has 1 aliphatic carbocycles. The van der Waals surface area contributed by atoms with Crippen molar-refractivity contribution in [2.75, 3.05) is 0 Å². The van der Waals surface area contributed by atoms with Crippen molar-refractivity contribution >= 4 is 11.6 Å². The Balaban J connectivity index is 2.02. The lowest BCUT2D eigenvalue weighted by Crippen LogP contribution is -1.97. The maximum absolute atomic E-state index is 9.19. The van der Waals surface area contributed by atoms with Gasteiger partial charge in [-0.3, -0.25) is 0 Å². The van der Waals surface area contributed by atoms with E-state index in [9.17, 15) is 5.26 Å². The normalized spacial score (nSPS) is 12.8. The van der Waals surface area contributed by atoms with Crippen molar-refractivity contribution in [3.63, 3.8) is 0 Å². The summed E-state index contributed by atoms with van der Waals surface area (Å²) >= 11 is 6.05. The van der Waals surface area contributed by atoms with Crippen LogP contribution >= 0.6 is 11.6 Å². The van der Waals surface area contributed by atoms with Gasteiger partial charge in [-0.2, -0.15) is 5.26 Å². The second-order valence-corrected chi connectivity index (χ2v) is 4.85. The van der Waals surface area contributed by atoms with Crippen LogP contribution in [0.15, 0.2) is 30.3 Å². The Morgan fingerprint density at radius 3 is 2.89 bits per heavy atom. The zero-order valence-electron chi connectivity index (χ0n) is 10.2. The number of hydrogen-bond acceptors (Lipinski definition) is 3. The SMILES string of the molecule is N#Cc1cc2c(nc1Oc1ccccc1Cl)CCC2. The smallest absolute Gasteiger partial charge is 0.237 e. The topological polar surface area (TPSA) is 45.9 Å². The highest BCUT2D eigenvalue weighted by molar-refractivity contribution is 6.32. The number of ether oxygens (including phenoxy) is 1. The number of hydrogen-bond donors (Lipinski definition) is 0. The highest BCUT2D eigenvalue weighted by Crippen LogP contribution is 2.32. The second-order valence-electron chi connectivity index (χ2n) is 4.44. The van der Waals surface area contributed by atoms with E-state index in [0.717, 1.165) is 30.5 Å². The number of aromatic nitrogens is 1. The number of pyridine rings is 1. The Morgan fingerprint density at radius 2 is 2.11 bits per heavy atom. The second kappa shape index (κ2) is 4.91. The Morgan fingerprint density at radius 1 is 1.26 bits per heavy atom. The van der Waals surface area contributed by atoms with Gasteiger partial charge in [0.1, 0.15) is 17.4 Å². The first-order valence-corrected chi connectivity index (χ1v) is 6.51. The summed E-state index contributed by atoms with van der Waals surface area (Å²) in [5.41, 5.74) is 2.64. The molecule has 0 fully saturated rings. The van der Waals surface area contributed by atoms with E-state index in [-0.39, 0.29) is 0 Å². The molecule has 0 spiro atoms. The third kappa shape index (κ3) is 2.27. The first kappa shape index (κ1) is 12.0. The van der Waals surface area contributed by atoms with Crippen LogP contribution in [0.4, 0.5) is 0 Å². The summed E-state index contributed by atoms with van der Waals surface area (Å²) in [6.45, 7) is 0. The summed E-state index contributed by atoms with van der Waals surface area (Å²) in [7, 11) is 0. The molecule has 0 aliphatic heterocycles. The van der Waals surface area contributed by atoms with E-state index in [4.69, 9.17) is 16.3 Å². The van der Waals surface area contributed by atoms with E-state index in [1.54, 1.807) is 12.1 Å². The van der Waals surface area contributed by atoms with Crippen LogP contribution in [0, 0.1) is 11.3 Å². The summed E-state index contributed by atoms with van der Waals surface area (Å²) in [5.74, 6) is 0.863. The van der Waals surface area contributed by atoms with Crippen LogP contribution < -0.4 is 4.74 Å². The lowest BCUT2D eigenvalue weighted by molar-refractivity contribution is 0.459. The Kier molecular flexibility index (Phi) is 3.10. The van der Waals surface area contributed by atoms with Gasteiger partial charge in [-0.1, -0.05) is 23.7 Å². The van der Waals surface area contributed by atoms with Crippen molar-refractivity contribution < 1.29 is 4.74 Å². The number of nitrogens with zero attached hydrogens (tertiary/aromatic N) is 2. The van der Waals surface area contributed by atoms with E-state index in [1.165, 1.54) is 0 Å². The number of halogens is 1. The fourth-order valence-electron chi connectivity index (χ4n) is 2.24. The minimum absolute atomic E-state index is 0.344. The van der Waals surface area contributed by atoms with Crippen molar-refractivity contribution in [1.29, 1.82) is 5.26 Å². The lowest BCUT2D eigenvalue weighted by Gasteiger charge is -2.09. The molecule has 0 N–H and O–H groups in total. The molecule has 0 saturated carbocycles. The third-order valence-corrected chi connectivity index (χ3v) is 3.49. The molecular formula is C15H11ClN2O. The van der Waals surface area contributed by atoms with Crippen LogP contribution in [0.3, 0.4) is 0 Å². The average molecular weight is 271 g/mol. The standard InChI is InChI=1S/C15H11ClN2O/c16-12-5-1-2-7-14(12)19-15-11(9-17)8-10-4-3-6-13(10)18-15/h1-2,5,7-8H,3-4,6H2. The van der Waals surface area contributed by atoms with Crippen LogP contribution in [0.2, 0.25) is 5.02 Å². The summed E-state index contributed by atoms with van der Waals surface area (Å²) in [6.07, 6.45) is 3.02. The quantitative estimate of drug-likeness (QED) is 0.832. The number of aryl methyl sites for hydroxylation is 2. The number of fused-ring (bicyclic) bond motifs is 1. The molecule has 3 rings (SSSR count). The maximum atomic E-state index is 9.19. The van der Waals surface area contributed by atoms with E-state index in [1.807, 2.05) is 18.2 Å². The van der Waals surface area contributed by atoms with Crippen molar-refractivity contribution in [2.24, 2.45) is 0 Å². The number of rotatable bonds is 2. The summed E-state index contributed by atoms with van der Waals surface area (Å²) < 4.78 is 5.69. The molecule has 3 nitrogen and oxygen atoms in total. The fraction of sp³-hybridized carbons (Fsp3) is 0.200. The van der Waals surface area contributed by atoms with E-state index in [2.05, 4.69) is 11.1 Å². The predicted octanol–water partition coefficient (Wildman–Crippen LogP) is 3.89. The maximum Gasteiger partial charge on any atom is 0.237 e. The van der Waals surface area contributed by atoms with Gasteiger partial charge >= 0.3 is 0 Å². The van der Waals surface area contributed by atoms with Crippen LogP contribution in [0.5, 0.6) is 11.6 Å². The number of para-hydroxylation sites is 1. The van der Waals surface area contributed by atoms with Crippen LogP contribution in [-0.4, -0.2) is 4.98 Å². The number of nitriles is 1. The monoisotopic (exact) mass is 270 g/mol. The van der Waals surface area contributed by atoms with E-state index in [0.29, 0.717) is 22.2 Å². The average Bonchev–Trinajstić information content (AvgIpc) is 2.87. The highest BCUT2D eigenvalue weighted by Gasteiger charge is 2.18. The zero-order valence-corrected chi connectivity index (χ0v) is 10.9. The van der Waals surface area contributed by atoms with Gasteiger partial charge in [0.2, 0.25) is 5.88 Å². The summed E-state index contributed by atoms with van der Waals surface area (Å²) in [5, 5.41) is 9.70. The Labute approximate surface area is 116 Å². The lowest BCUT2D eigenvalue weighted by atomic mass is 10.1. The van der Waals surface area contributed by atoms with Crippen molar-refractivity contribution in [2.45, 2.75) is 19.3 Å². The van der Waals surface area contributed by atoms with E-state index >= 15 is 0 Å². The molecule has 0 saturated heterocycles. The molecule has 2 aromatic rings. The van der Waals surface area contributed by atoms with Gasteiger partial charge in [-0.05, 0) is 43.0 Å². The fourth-order valence-corrected chi connectivity index (χ4v) is 2.42. The van der Waals surface area contributed by atoms with Gasteiger partial charge in [0, 0.05) is 5.69 Å². The molecule has 0 atom stereocenters. The highest BCUT2D eigenvalue weighted by atomic mass is 35.5. The van der Waals surface area contributed by atoms with Crippen LogP contribution in [0.1, 0.15) is 23.2 Å². The minimum Gasteiger partial charge on any atom is -0.436 e. The molecule has 1 aromatic heterocycles. The molecular weight excluding hydrogens is 260 g/mol. The molecule has 0 bridgehead atoms. The van der Waals surface area contributed by atoms with Gasteiger partial charge in [0.25, 0.3) is 0 Å². The molecule has 94 valence electrons.